The van der Waals surface area contributed by atoms with Crippen LogP contribution >= 0.6 is 0 Å². The highest BCUT2D eigenvalue weighted by Crippen LogP contribution is 2.54. The molecule has 0 saturated heterocycles. The van der Waals surface area contributed by atoms with Crippen molar-refractivity contribution in [2.75, 3.05) is 4.90 Å². The first-order valence-electron chi connectivity index (χ1n) is 15.5. The third-order valence-corrected chi connectivity index (χ3v) is 9.35. The van der Waals surface area contributed by atoms with E-state index in [-0.39, 0.29) is 11.6 Å². The highest BCUT2D eigenvalue weighted by Gasteiger charge is 2.48. The van der Waals surface area contributed by atoms with Gasteiger partial charge in [-0.1, -0.05) is 109 Å². The molecule has 0 spiro atoms. The molecule has 0 fully saturated rings. The molecule has 2 unspecified atom stereocenters. The van der Waals surface area contributed by atoms with Crippen LogP contribution in [0.1, 0.15) is 24.1 Å². The van der Waals surface area contributed by atoms with E-state index in [9.17, 15) is 0 Å². The number of aliphatic imine (C=N–C) groups is 1. The molecule has 45 heavy (non-hydrogen) atoms. The number of fused-ring (bicyclic) bond motifs is 6. The second-order valence-electron chi connectivity index (χ2n) is 12.0. The van der Waals surface area contributed by atoms with Gasteiger partial charge in [0, 0.05) is 33.6 Å². The van der Waals surface area contributed by atoms with E-state index >= 15 is 0 Å². The number of dihydropyridines is 1. The van der Waals surface area contributed by atoms with Gasteiger partial charge in [0.2, 0.25) is 0 Å². The number of benzene rings is 5. The molecule has 0 amide bonds. The van der Waals surface area contributed by atoms with Crippen LogP contribution in [-0.2, 0) is 0 Å². The monoisotopic (exact) mass is 578 g/mol. The third-order valence-electron chi connectivity index (χ3n) is 9.35. The molecule has 4 heteroatoms. The van der Waals surface area contributed by atoms with Crippen LogP contribution in [0.4, 0.5) is 11.4 Å². The van der Waals surface area contributed by atoms with Gasteiger partial charge in [-0.15, -0.1) is 0 Å². The normalized spacial score (nSPS) is 18.6. The van der Waals surface area contributed by atoms with Crippen molar-refractivity contribution in [3.63, 3.8) is 0 Å². The van der Waals surface area contributed by atoms with Crippen molar-refractivity contribution in [1.29, 1.82) is 0 Å². The molecule has 214 valence electrons. The first-order chi connectivity index (χ1) is 22.2. The zero-order valence-electron chi connectivity index (χ0n) is 24.9. The summed E-state index contributed by atoms with van der Waals surface area (Å²) in [5, 5.41) is 1.15. The lowest BCUT2D eigenvalue weighted by molar-refractivity contribution is 0.493. The molecule has 0 bridgehead atoms. The van der Waals surface area contributed by atoms with Crippen molar-refractivity contribution < 1.29 is 0 Å². The van der Waals surface area contributed by atoms with E-state index in [2.05, 4.69) is 168 Å². The second-order valence-corrected chi connectivity index (χ2v) is 12.0. The van der Waals surface area contributed by atoms with Gasteiger partial charge >= 0.3 is 0 Å². The second kappa shape index (κ2) is 9.90. The van der Waals surface area contributed by atoms with Crippen LogP contribution in [0, 0.1) is 0 Å². The number of nitrogens with zero attached hydrogens (tertiary/aromatic N) is 4. The molecule has 2 aromatic heterocycles. The van der Waals surface area contributed by atoms with Crippen LogP contribution in [-0.4, -0.2) is 20.8 Å². The summed E-state index contributed by atoms with van der Waals surface area (Å²) in [5.41, 5.74) is 11.8. The predicted molar refractivity (Wildman–Crippen MR) is 186 cm³/mol. The number of hydrogen-bond donors (Lipinski definition) is 0. The van der Waals surface area contributed by atoms with Crippen molar-refractivity contribution in [3.8, 4) is 16.9 Å². The molecular weight excluding hydrogens is 548 g/mol. The summed E-state index contributed by atoms with van der Waals surface area (Å²) in [4.78, 5) is 13.0. The lowest BCUT2D eigenvalue weighted by Gasteiger charge is -2.39. The summed E-state index contributed by atoms with van der Waals surface area (Å²) in [6.45, 7) is 2.31. The van der Waals surface area contributed by atoms with Crippen molar-refractivity contribution in [2.24, 2.45) is 4.99 Å². The van der Waals surface area contributed by atoms with Crippen molar-refractivity contribution in [3.05, 3.63) is 169 Å². The van der Waals surface area contributed by atoms with E-state index in [0.29, 0.717) is 0 Å². The molecule has 4 nitrogen and oxygen atoms in total. The number of para-hydroxylation sites is 2. The number of hydrogen-bond acceptors (Lipinski definition) is 3. The minimum absolute atomic E-state index is 0.0218. The van der Waals surface area contributed by atoms with E-state index in [4.69, 9.17) is 9.98 Å². The number of allylic oxidation sites excluding steroid dienone is 1. The molecular formula is C41H30N4. The molecule has 2 aliphatic heterocycles. The SMILES string of the molecule is CC12C=CC(c3ccccc3)=NC1c1ccccc1N2c1cccc(-n2c3ccccc3c3nc(-c4ccccc4)ccc32)c1. The fourth-order valence-corrected chi connectivity index (χ4v) is 7.26. The van der Waals surface area contributed by atoms with Crippen molar-refractivity contribution in [2.45, 2.75) is 18.5 Å². The summed E-state index contributed by atoms with van der Waals surface area (Å²) < 4.78 is 2.35. The Morgan fingerprint density at radius 2 is 1.33 bits per heavy atom. The molecule has 7 aromatic rings. The summed E-state index contributed by atoms with van der Waals surface area (Å²) in [6.07, 6.45) is 4.53. The van der Waals surface area contributed by atoms with Gasteiger partial charge in [-0.25, -0.2) is 4.98 Å². The fourth-order valence-electron chi connectivity index (χ4n) is 7.26. The Morgan fingerprint density at radius 1 is 0.622 bits per heavy atom. The Balaban J connectivity index is 1.19. The van der Waals surface area contributed by atoms with E-state index in [0.717, 1.165) is 55.8 Å². The number of anilines is 2. The molecule has 0 aliphatic carbocycles. The van der Waals surface area contributed by atoms with E-state index < -0.39 is 0 Å². The quantitative estimate of drug-likeness (QED) is 0.208. The zero-order valence-corrected chi connectivity index (χ0v) is 24.9. The zero-order chi connectivity index (χ0) is 30.0. The third kappa shape index (κ3) is 3.92. The maximum atomic E-state index is 5.36. The predicted octanol–water partition coefficient (Wildman–Crippen LogP) is 9.86. The minimum atomic E-state index is -0.354. The van der Waals surface area contributed by atoms with Crippen LogP contribution in [0.2, 0.25) is 0 Å². The van der Waals surface area contributed by atoms with Crippen LogP contribution in [0.3, 0.4) is 0 Å². The molecule has 5 aromatic carbocycles. The molecule has 4 heterocycles. The van der Waals surface area contributed by atoms with Gasteiger partial charge < -0.3 is 9.47 Å². The van der Waals surface area contributed by atoms with Gasteiger partial charge in [0.25, 0.3) is 0 Å². The van der Waals surface area contributed by atoms with Gasteiger partial charge in [-0.3, -0.25) is 4.99 Å². The summed E-state index contributed by atoms with van der Waals surface area (Å²) in [7, 11) is 0. The minimum Gasteiger partial charge on any atom is -0.329 e. The van der Waals surface area contributed by atoms with E-state index in [1.54, 1.807) is 0 Å². The van der Waals surface area contributed by atoms with Gasteiger partial charge in [0.1, 0.15) is 6.04 Å². The molecule has 2 aliphatic rings. The Morgan fingerprint density at radius 3 is 2.18 bits per heavy atom. The highest BCUT2D eigenvalue weighted by molar-refractivity contribution is 6.10. The van der Waals surface area contributed by atoms with Crippen molar-refractivity contribution >= 4 is 39.0 Å². The van der Waals surface area contributed by atoms with Crippen LogP contribution in [0.5, 0.6) is 0 Å². The lowest BCUT2D eigenvalue weighted by atomic mass is 9.86. The van der Waals surface area contributed by atoms with Crippen molar-refractivity contribution in [1.82, 2.24) is 9.55 Å². The van der Waals surface area contributed by atoms with Gasteiger partial charge in [0.15, 0.2) is 0 Å². The summed E-state index contributed by atoms with van der Waals surface area (Å²) in [5.74, 6) is 0. The average molecular weight is 579 g/mol. The molecule has 0 radical (unpaired) electrons. The number of pyridine rings is 1. The Kier molecular flexibility index (Phi) is 5.66. The van der Waals surface area contributed by atoms with Gasteiger partial charge in [-0.2, -0.15) is 0 Å². The average Bonchev–Trinajstić information content (AvgIpc) is 3.57. The van der Waals surface area contributed by atoms with E-state index in [1.807, 2.05) is 6.07 Å². The van der Waals surface area contributed by atoms with Gasteiger partial charge in [-0.05, 0) is 61.0 Å². The fraction of sp³-hybridized carbons (Fsp3) is 0.0732. The first-order valence-corrected chi connectivity index (χ1v) is 15.5. The maximum absolute atomic E-state index is 5.36. The molecule has 2 atom stereocenters. The maximum Gasteiger partial charge on any atom is 0.104 e. The lowest BCUT2D eigenvalue weighted by Crippen LogP contribution is -2.43. The molecule has 0 saturated carbocycles. The summed E-state index contributed by atoms with van der Waals surface area (Å²) >= 11 is 0. The smallest absolute Gasteiger partial charge is 0.104 e. The highest BCUT2D eigenvalue weighted by atomic mass is 15.3. The van der Waals surface area contributed by atoms with Crippen LogP contribution in [0.15, 0.2) is 163 Å². The Labute approximate surface area is 262 Å². The molecule has 9 rings (SSSR count). The van der Waals surface area contributed by atoms with Crippen LogP contribution < -0.4 is 4.90 Å². The van der Waals surface area contributed by atoms with Gasteiger partial charge in [0.05, 0.1) is 33.5 Å². The van der Waals surface area contributed by atoms with E-state index in [1.165, 1.54) is 11.3 Å². The Hall–Kier alpha value is -5.74. The first kappa shape index (κ1) is 25.7. The standard InChI is InChI=1S/C41H30N4/c1-41-26-25-35(29-15-6-3-7-16-29)43-40(41)33-20-9-11-22-37(33)45(41)31-18-12-17-30(27-31)44-36-21-10-8-19-32(36)39-38(44)24-23-34(42-39)28-13-4-2-5-14-28/h2-27,40H,1H3. The summed E-state index contributed by atoms with van der Waals surface area (Å²) in [6, 6.07) is 51.4. The Bertz CT molecular complexity index is 2300. The molecule has 0 N–H and O–H groups in total. The number of rotatable bonds is 4. The van der Waals surface area contributed by atoms with Crippen LogP contribution in [0.25, 0.3) is 38.9 Å². The topological polar surface area (TPSA) is 33.4 Å². The number of aromatic nitrogens is 2. The largest absolute Gasteiger partial charge is 0.329 e.